The molecule has 2 aromatic rings. The number of benzene rings is 1. The molecule has 1 aromatic carbocycles. The van der Waals surface area contributed by atoms with Crippen molar-refractivity contribution in [2.75, 3.05) is 7.05 Å². The van der Waals surface area contributed by atoms with Gasteiger partial charge in [-0.3, -0.25) is 0 Å². The lowest BCUT2D eigenvalue weighted by Crippen LogP contribution is -2.28. The van der Waals surface area contributed by atoms with Crippen molar-refractivity contribution in [1.29, 1.82) is 0 Å². The minimum absolute atomic E-state index is 0.172. The van der Waals surface area contributed by atoms with Gasteiger partial charge in [0.2, 0.25) is 10.0 Å². The van der Waals surface area contributed by atoms with Crippen LogP contribution in [0.15, 0.2) is 23.1 Å². The first-order valence-electron chi connectivity index (χ1n) is 6.12. The molecule has 0 saturated carbocycles. The molecule has 1 heterocycles. The molecule has 1 atom stereocenters. The molecule has 0 bridgehead atoms. The Labute approximate surface area is 121 Å². The van der Waals surface area contributed by atoms with Gasteiger partial charge in [-0.25, -0.2) is 17.5 Å². The summed E-state index contributed by atoms with van der Waals surface area (Å²) in [7, 11) is -2.30. The number of nitrogens with one attached hydrogen (secondary N) is 3. The quantitative estimate of drug-likeness (QED) is 0.697. The fraction of sp³-hybridized carbons (Fsp3) is 0.364. The lowest BCUT2D eigenvalue weighted by molar-refractivity contribution is 0.541. The highest BCUT2D eigenvalue weighted by Crippen LogP contribution is 2.18. The van der Waals surface area contributed by atoms with E-state index in [1.54, 1.807) is 13.1 Å². The van der Waals surface area contributed by atoms with Gasteiger partial charge in [0.05, 0.1) is 6.04 Å². The lowest BCUT2D eigenvalue weighted by Gasteiger charge is -2.12. The van der Waals surface area contributed by atoms with E-state index in [9.17, 15) is 12.8 Å². The van der Waals surface area contributed by atoms with Crippen molar-refractivity contribution in [2.45, 2.75) is 24.4 Å². The monoisotopic (exact) mass is 314 g/mol. The van der Waals surface area contributed by atoms with Crippen LogP contribution in [0.3, 0.4) is 0 Å². The molecule has 0 radical (unpaired) electrons. The average Bonchev–Trinajstić information content (AvgIpc) is 2.92. The van der Waals surface area contributed by atoms with Crippen LogP contribution in [-0.2, 0) is 16.6 Å². The third-order valence-corrected chi connectivity index (χ3v) is 4.32. The van der Waals surface area contributed by atoms with Crippen molar-refractivity contribution in [1.82, 2.24) is 30.7 Å². The number of aromatic amines is 1. The summed E-state index contributed by atoms with van der Waals surface area (Å²) >= 11 is 0. The van der Waals surface area contributed by atoms with Crippen LogP contribution < -0.4 is 10.0 Å². The zero-order valence-electron chi connectivity index (χ0n) is 11.5. The predicted octanol–water partition coefficient (Wildman–Crippen LogP) is 0.0977. The van der Waals surface area contributed by atoms with Crippen molar-refractivity contribution in [3.63, 3.8) is 0 Å². The summed E-state index contributed by atoms with van der Waals surface area (Å²) in [4.78, 5) is -0.419. The molecule has 0 fully saturated rings. The average molecular weight is 314 g/mol. The van der Waals surface area contributed by atoms with Crippen molar-refractivity contribution in [3.8, 4) is 0 Å². The summed E-state index contributed by atoms with van der Waals surface area (Å²) < 4.78 is 40.6. The van der Waals surface area contributed by atoms with Gasteiger partial charge in [0.1, 0.15) is 10.7 Å². The smallest absolute Gasteiger partial charge is 0.244 e. The number of aromatic nitrogens is 4. The number of halogens is 1. The molecule has 0 amide bonds. The van der Waals surface area contributed by atoms with Crippen molar-refractivity contribution < 1.29 is 12.8 Å². The zero-order chi connectivity index (χ0) is 15.5. The predicted molar refractivity (Wildman–Crippen MR) is 72.1 cm³/mol. The Kier molecular flexibility index (Phi) is 4.60. The first kappa shape index (κ1) is 15.5. The van der Waals surface area contributed by atoms with E-state index in [1.807, 2.05) is 0 Å². The molecule has 0 aliphatic heterocycles. The second kappa shape index (κ2) is 6.24. The summed E-state index contributed by atoms with van der Waals surface area (Å²) in [5.74, 6) is -0.638. The summed E-state index contributed by atoms with van der Waals surface area (Å²) in [5.41, 5.74) is 0.653. The molecule has 1 aromatic heterocycles. The molecule has 2 rings (SSSR count). The van der Waals surface area contributed by atoms with E-state index in [0.29, 0.717) is 12.1 Å². The molecule has 8 nitrogen and oxygen atoms in total. The maximum Gasteiger partial charge on any atom is 0.244 e. The molecule has 0 saturated heterocycles. The van der Waals surface area contributed by atoms with Crippen LogP contribution in [-0.4, -0.2) is 36.1 Å². The fourth-order valence-corrected chi connectivity index (χ4v) is 3.04. The van der Waals surface area contributed by atoms with Gasteiger partial charge < -0.3 is 5.32 Å². The Morgan fingerprint density at radius 2 is 2.19 bits per heavy atom. The summed E-state index contributed by atoms with van der Waals surface area (Å²) in [6, 6.07) is 3.23. The molecule has 0 aliphatic rings. The second-order valence-corrected chi connectivity index (χ2v) is 6.09. The molecule has 0 aliphatic carbocycles. The number of rotatable bonds is 6. The zero-order valence-corrected chi connectivity index (χ0v) is 12.3. The second-order valence-electron chi connectivity index (χ2n) is 4.41. The highest BCUT2D eigenvalue weighted by Gasteiger charge is 2.23. The Morgan fingerprint density at radius 3 is 2.76 bits per heavy atom. The third-order valence-electron chi connectivity index (χ3n) is 2.75. The molecular weight excluding hydrogens is 299 g/mol. The molecule has 3 N–H and O–H groups in total. The van der Waals surface area contributed by atoms with Crippen LogP contribution in [0, 0.1) is 5.82 Å². The van der Waals surface area contributed by atoms with Gasteiger partial charge in [-0.15, -0.1) is 10.2 Å². The number of sulfonamides is 1. The van der Waals surface area contributed by atoms with Crippen LogP contribution >= 0.6 is 0 Å². The van der Waals surface area contributed by atoms with Crippen LogP contribution in [0.2, 0.25) is 0 Å². The number of hydrogen-bond acceptors (Lipinski definition) is 6. The van der Waals surface area contributed by atoms with Gasteiger partial charge in [-0.1, -0.05) is 11.3 Å². The minimum atomic E-state index is -4.02. The molecule has 0 spiro atoms. The van der Waals surface area contributed by atoms with E-state index in [4.69, 9.17) is 0 Å². The number of H-pyrrole nitrogens is 1. The maximum atomic E-state index is 14.0. The van der Waals surface area contributed by atoms with E-state index in [0.717, 1.165) is 0 Å². The van der Waals surface area contributed by atoms with Gasteiger partial charge >= 0.3 is 0 Å². The van der Waals surface area contributed by atoms with E-state index in [-0.39, 0.29) is 5.82 Å². The van der Waals surface area contributed by atoms with E-state index < -0.39 is 26.8 Å². The first-order chi connectivity index (χ1) is 9.94. The van der Waals surface area contributed by atoms with Crippen molar-refractivity contribution in [3.05, 3.63) is 35.4 Å². The standard InChI is InChI=1S/C11H15FN6O2S/c1-7(11-14-17-18-15-11)16-21(19,20)10-4-3-8(6-13-2)5-9(10)12/h3-5,7,13,16H,6H2,1-2H3,(H,14,15,17,18). The van der Waals surface area contributed by atoms with E-state index in [2.05, 4.69) is 30.7 Å². The van der Waals surface area contributed by atoms with Crippen LogP contribution in [0.25, 0.3) is 0 Å². The van der Waals surface area contributed by atoms with E-state index in [1.165, 1.54) is 19.1 Å². The molecule has 10 heteroatoms. The highest BCUT2D eigenvalue weighted by molar-refractivity contribution is 7.89. The Hall–Kier alpha value is -1.91. The van der Waals surface area contributed by atoms with Crippen LogP contribution in [0.5, 0.6) is 0 Å². The normalized spacial score (nSPS) is 13.3. The van der Waals surface area contributed by atoms with Crippen molar-refractivity contribution >= 4 is 10.0 Å². The van der Waals surface area contributed by atoms with Crippen LogP contribution in [0.1, 0.15) is 24.4 Å². The van der Waals surface area contributed by atoms with E-state index >= 15 is 0 Å². The summed E-state index contributed by atoms with van der Waals surface area (Å²) in [6.07, 6.45) is 0. The molecule has 1 unspecified atom stereocenters. The number of hydrogen-bond donors (Lipinski definition) is 3. The maximum absolute atomic E-state index is 14.0. The van der Waals surface area contributed by atoms with Gasteiger partial charge in [-0.2, -0.15) is 5.21 Å². The molecular formula is C11H15FN6O2S. The topological polar surface area (TPSA) is 113 Å². The van der Waals surface area contributed by atoms with Gasteiger partial charge in [0.15, 0.2) is 5.82 Å². The van der Waals surface area contributed by atoms with Gasteiger partial charge in [-0.05, 0) is 31.7 Å². The highest BCUT2D eigenvalue weighted by atomic mass is 32.2. The fourth-order valence-electron chi connectivity index (χ4n) is 1.78. The summed E-state index contributed by atoms with van der Waals surface area (Å²) in [6.45, 7) is 1.99. The SMILES string of the molecule is CNCc1ccc(S(=O)(=O)NC(C)c2nn[nH]n2)c(F)c1. The third kappa shape index (κ3) is 3.60. The van der Waals surface area contributed by atoms with Gasteiger partial charge in [0, 0.05) is 6.54 Å². The summed E-state index contributed by atoms with van der Waals surface area (Å²) in [5, 5.41) is 15.8. The lowest BCUT2D eigenvalue weighted by atomic mass is 10.2. The Balaban J connectivity index is 2.23. The molecule has 21 heavy (non-hydrogen) atoms. The number of nitrogens with zero attached hydrogens (tertiary/aromatic N) is 3. The van der Waals surface area contributed by atoms with Crippen LogP contribution in [0.4, 0.5) is 4.39 Å². The van der Waals surface area contributed by atoms with Gasteiger partial charge in [0.25, 0.3) is 0 Å². The molecule has 114 valence electrons. The largest absolute Gasteiger partial charge is 0.316 e. The Bertz CT molecular complexity index is 704. The van der Waals surface area contributed by atoms with Crippen molar-refractivity contribution in [2.24, 2.45) is 0 Å². The number of tetrazole rings is 1. The minimum Gasteiger partial charge on any atom is -0.316 e. The first-order valence-corrected chi connectivity index (χ1v) is 7.61. The Morgan fingerprint density at radius 1 is 1.43 bits per heavy atom.